The van der Waals surface area contributed by atoms with Crippen LogP contribution in [0.1, 0.15) is 18.3 Å². The Bertz CT molecular complexity index is 447. The number of nitrogens with zero attached hydrogens (tertiary/aromatic N) is 3. The third-order valence-electron chi connectivity index (χ3n) is 2.52. The zero-order valence-corrected chi connectivity index (χ0v) is 9.62. The van der Waals surface area contributed by atoms with Crippen molar-refractivity contribution in [1.82, 2.24) is 9.55 Å². The molecule has 0 amide bonds. The number of rotatable bonds is 3. The van der Waals surface area contributed by atoms with Crippen molar-refractivity contribution in [2.45, 2.75) is 18.1 Å². The lowest BCUT2D eigenvalue weighted by molar-refractivity contribution is 0.0706. The molecule has 2 rings (SSSR count). The second-order valence-corrected chi connectivity index (χ2v) is 4.10. The molecular formula is C9H13ClN4O3. The molecule has 0 saturated heterocycles. The van der Waals surface area contributed by atoms with Crippen LogP contribution in [-0.4, -0.2) is 37.1 Å². The normalized spacial score (nSPS) is 21.1. The minimum Gasteiger partial charge on any atom is -0.397 e. The van der Waals surface area contributed by atoms with Crippen LogP contribution in [0.3, 0.4) is 0 Å². The fourth-order valence-corrected chi connectivity index (χ4v) is 1.90. The number of hydroxylamine groups is 1. The number of halogens is 1. The highest BCUT2D eigenvalue weighted by atomic mass is 35.5. The number of hydrogen-bond acceptors (Lipinski definition) is 6. The van der Waals surface area contributed by atoms with Crippen LogP contribution in [0.15, 0.2) is 12.4 Å². The molecule has 0 radical (unpaired) electrons. The maximum atomic E-state index is 9.80. The van der Waals surface area contributed by atoms with Crippen LogP contribution in [0.2, 0.25) is 0 Å². The first kappa shape index (κ1) is 12.2. The first-order valence-corrected chi connectivity index (χ1v) is 5.45. The van der Waals surface area contributed by atoms with E-state index in [1.54, 1.807) is 0 Å². The average molecular weight is 261 g/mol. The van der Waals surface area contributed by atoms with E-state index in [1.165, 1.54) is 17.0 Å². The van der Waals surface area contributed by atoms with E-state index >= 15 is 0 Å². The number of anilines is 1. The second kappa shape index (κ2) is 4.53. The molecule has 2 unspecified atom stereocenters. The summed E-state index contributed by atoms with van der Waals surface area (Å²) >= 11 is 5.85. The molecule has 5 N–H and O–H groups in total. The zero-order chi connectivity index (χ0) is 12.6. The highest BCUT2D eigenvalue weighted by molar-refractivity contribution is 6.23. The standard InChI is InChI=1S/C9H13ClN4O3/c10-6-3-5(11)8-9(14(6)17)13(4-12-8)7(16)1-2-15/h3-4,6-7,15-17H,1-2,11H2. The minimum absolute atomic E-state index is 0.118. The van der Waals surface area contributed by atoms with Gasteiger partial charge in [-0.05, 0) is 6.08 Å². The van der Waals surface area contributed by atoms with Crippen molar-refractivity contribution in [3.8, 4) is 0 Å². The van der Waals surface area contributed by atoms with E-state index in [-0.39, 0.29) is 18.8 Å². The van der Waals surface area contributed by atoms with Crippen molar-refractivity contribution < 1.29 is 15.4 Å². The summed E-state index contributed by atoms with van der Waals surface area (Å²) in [6.45, 7) is -0.185. The summed E-state index contributed by atoms with van der Waals surface area (Å²) in [6, 6.07) is 0. The van der Waals surface area contributed by atoms with Crippen molar-refractivity contribution >= 4 is 23.1 Å². The van der Waals surface area contributed by atoms with Crippen LogP contribution in [0.5, 0.6) is 0 Å². The van der Waals surface area contributed by atoms with Crippen LogP contribution in [0, 0.1) is 0 Å². The molecule has 0 bridgehead atoms. The monoisotopic (exact) mass is 260 g/mol. The predicted molar refractivity (Wildman–Crippen MR) is 61.3 cm³/mol. The van der Waals surface area contributed by atoms with Gasteiger partial charge >= 0.3 is 0 Å². The molecule has 0 fully saturated rings. The molecule has 2 heterocycles. The summed E-state index contributed by atoms with van der Waals surface area (Å²) in [5, 5.41) is 29.1. The van der Waals surface area contributed by atoms with Crippen LogP contribution in [0.4, 0.5) is 5.82 Å². The lowest BCUT2D eigenvalue weighted by atomic mass is 10.2. The number of nitrogens with two attached hydrogens (primary N) is 1. The summed E-state index contributed by atoms with van der Waals surface area (Å²) in [5.41, 5.74) is 5.58. The number of hydrogen-bond donors (Lipinski definition) is 4. The molecule has 0 aromatic carbocycles. The van der Waals surface area contributed by atoms with E-state index in [2.05, 4.69) is 4.98 Å². The molecule has 0 saturated carbocycles. The van der Waals surface area contributed by atoms with E-state index in [4.69, 9.17) is 22.4 Å². The number of fused-ring (bicyclic) bond motifs is 1. The summed E-state index contributed by atoms with van der Waals surface area (Å²) in [5.74, 6) is 0.214. The van der Waals surface area contributed by atoms with Gasteiger partial charge in [-0.2, -0.15) is 0 Å². The van der Waals surface area contributed by atoms with Gasteiger partial charge in [-0.1, -0.05) is 11.6 Å². The van der Waals surface area contributed by atoms with Crippen molar-refractivity contribution in [2.24, 2.45) is 5.73 Å². The Hall–Kier alpha value is -1.28. The van der Waals surface area contributed by atoms with Crippen LogP contribution in [0.25, 0.3) is 5.70 Å². The average Bonchev–Trinajstić information content (AvgIpc) is 2.71. The van der Waals surface area contributed by atoms with E-state index in [0.717, 1.165) is 5.06 Å². The van der Waals surface area contributed by atoms with Crippen LogP contribution in [-0.2, 0) is 0 Å². The van der Waals surface area contributed by atoms with E-state index < -0.39 is 11.7 Å². The molecule has 1 aromatic heterocycles. The lowest BCUT2D eigenvalue weighted by Gasteiger charge is -2.27. The van der Waals surface area contributed by atoms with Gasteiger partial charge in [-0.25, -0.2) is 10.0 Å². The number of aromatic nitrogens is 2. The summed E-state index contributed by atoms with van der Waals surface area (Å²) in [6.07, 6.45) is 1.90. The summed E-state index contributed by atoms with van der Waals surface area (Å²) in [7, 11) is 0. The SMILES string of the molecule is NC1=CC(Cl)N(O)c2c1ncn2C(O)CCO. The van der Waals surface area contributed by atoms with Gasteiger partial charge < -0.3 is 15.9 Å². The smallest absolute Gasteiger partial charge is 0.166 e. The van der Waals surface area contributed by atoms with Gasteiger partial charge in [0.1, 0.15) is 11.9 Å². The quantitative estimate of drug-likeness (QED) is 0.444. The largest absolute Gasteiger partial charge is 0.397 e. The highest BCUT2D eigenvalue weighted by Gasteiger charge is 2.29. The number of alkyl halides is 1. The lowest BCUT2D eigenvalue weighted by Crippen LogP contribution is -2.33. The van der Waals surface area contributed by atoms with E-state index in [1.807, 2.05) is 0 Å². The molecule has 2 atom stereocenters. The van der Waals surface area contributed by atoms with Gasteiger partial charge in [-0.3, -0.25) is 9.77 Å². The third kappa shape index (κ3) is 1.98. The molecule has 0 spiro atoms. The van der Waals surface area contributed by atoms with Crippen LogP contribution < -0.4 is 10.8 Å². The molecule has 0 aliphatic carbocycles. The Labute approximate surface area is 102 Å². The molecular weight excluding hydrogens is 248 g/mol. The predicted octanol–water partition coefficient (Wildman–Crippen LogP) is -0.170. The second-order valence-electron chi connectivity index (χ2n) is 3.66. The Morgan fingerprint density at radius 3 is 2.94 bits per heavy atom. The van der Waals surface area contributed by atoms with Gasteiger partial charge in [0.25, 0.3) is 0 Å². The van der Waals surface area contributed by atoms with Gasteiger partial charge in [0, 0.05) is 13.0 Å². The molecule has 94 valence electrons. The van der Waals surface area contributed by atoms with Gasteiger partial charge in [0.05, 0.1) is 12.0 Å². The fourth-order valence-electron chi connectivity index (χ4n) is 1.67. The minimum atomic E-state index is -0.999. The molecule has 17 heavy (non-hydrogen) atoms. The third-order valence-corrected chi connectivity index (χ3v) is 2.83. The molecule has 1 aliphatic rings. The Balaban J connectivity index is 2.43. The van der Waals surface area contributed by atoms with Crippen molar-refractivity contribution in [1.29, 1.82) is 0 Å². The topological polar surface area (TPSA) is 108 Å². The molecule has 1 aliphatic heterocycles. The van der Waals surface area contributed by atoms with Crippen molar-refractivity contribution in [2.75, 3.05) is 11.7 Å². The van der Waals surface area contributed by atoms with Crippen molar-refractivity contribution in [3.05, 3.63) is 18.1 Å². The van der Waals surface area contributed by atoms with Crippen LogP contribution >= 0.6 is 11.6 Å². The molecule has 1 aromatic rings. The summed E-state index contributed by atoms with van der Waals surface area (Å²) in [4.78, 5) is 3.99. The van der Waals surface area contributed by atoms with Gasteiger partial charge in [0.2, 0.25) is 0 Å². The zero-order valence-electron chi connectivity index (χ0n) is 8.86. The molecule has 8 heteroatoms. The van der Waals surface area contributed by atoms with E-state index in [0.29, 0.717) is 11.4 Å². The maximum Gasteiger partial charge on any atom is 0.166 e. The first-order chi connectivity index (χ1) is 8.06. The van der Waals surface area contributed by atoms with Gasteiger partial charge in [-0.15, -0.1) is 0 Å². The Morgan fingerprint density at radius 2 is 2.29 bits per heavy atom. The Morgan fingerprint density at radius 1 is 1.59 bits per heavy atom. The first-order valence-electron chi connectivity index (χ1n) is 5.02. The summed E-state index contributed by atoms with van der Waals surface area (Å²) < 4.78 is 1.31. The molecule has 7 nitrogen and oxygen atoms in total. The fraction of sp³-hybridized carbons (Fsp3) is 0.444. The number of imidazole rings is 1. The van der Waals surface area contributed by atoms with E-state index in [9.17, 15) is 10.3 Å². The van der Waals surface area contributed by atoms with Crippen molar-refractivity contribution in [3.63, 3.8) is 0 Å². The van der Waals surface area contributed by atoms with Gasteiger partial charge in [0.15, 0.2) is 11.3 Å². The highest BCUT2D eigenvalue weighted by Crippen LogP contribution is 2.33. The Kier molecular flexibility index (Phi) is 3.25. The number of aliphatic hydroxyl groups is 2. The number of aliphatic hydroxyl groups excluding tert-OH is 2. The maximum absolute atomic E-state index is 9.80.